The fourth-order valence-corrected chi connectivity index (χ4v) is 2.49. The fourth-order valence-electron chi connectivity index (χ4n) is 2.49. The summed E-state index contributed by atoms with van der Waals surface area (Å²) in [7, 11) is 1.88. The molecule has 1 aromatic heterocycles. The number of amides is 1. The Balaban J connectivity index is 1.96. The van der Waals surface area contributed by atoms with E-state index in [0.29, 0.717) is 5.92 Å². The first kappa shape index (κ1) is 14.1. The van der Waals surface area contributed by atoms with E-state index in [4.69, 9.17) is 0 Å². The summed E-state index contributed by atoms with van der Waals surface area (Å²) >= 11 is 0. The zero-order valence-electron chi connectivity index (χ0n) is 12.3. The molecule has 0 spiro atoms. The second-order valence-corrected chi connectivity index (χ2v) is 5.74. The number of carbonyl (C=O) groups is 1. The van der Waals surface area contributed by atoms with Crippen LogP contribution in [0.3, 0.4) is 0 Å². The lowest BCUT2D eigenvalue weighted by Gasteiger charge is -2.17. The van der Waals surface area contributed by atoms with Crippen molar-refractivity contribution in [3.63, 3.8) is 0 Å². The highest BCUT2D eigenvalue weighted by atomic mass is 16.2. The monoisotopic (exact) mass is 264 g/mol. The molecule has 19 heavy (non-hydrogen) atoms. The van der Waals surface area contributed by atoms with E-state index < -0.39 is 0 Å². The van der Waals surface area contributed by atoms with Gasteiger partial charge in [-0.1, -0.05) is 13.8 Å². The summed E-state index contributed by atoms with van der Waals surface area (Å²) in [6, 6.07) is 1.93. The summed E-state index contributed by atoms with van der Waals surface area (Å²) in [6.07, 6.45) is 1.98. The Morgan fingerprint density at radius 3 is 2.84 bits per heavy atom. The third kappa shape index (κ3) is 3.15. The van der Waals surface area contributed by atoms with Crippen LogP contribution >= 0.6 is 0 Å². The highest BCUT2D eigenvalue weighted by Gasteiger charge is 2.33. The lowest BCUT2D eigenvalue weighted by molar-refractivity contribution is -0.118. The molecule has 1 unspecified atom stereocenters. The molecule has 0 aliphatic carbocycles. The number of nitrogens with zero attached hydrogens (tertiary/aromatic N) is 3. The smallest absolute Gasteiger partial charge is 0.245 e. The second kappa shape index (κ2) is 5.74. The van der Waals surface area contributed by atoms with Crippen LogP contribution in [0, 0.1) is 12.8 Å². The van der Waals surface area contributed by atoms with Crippen LogP contribution in [0.15, 0.2) is 6.07 Å². The van der Waals surface area contributed by atoms with Gasteiger partial charge in [0, 0.05) is 19.7 Å². The van der Waals surface area contributed by atoms with Gasteiger partial charge in [0.05, 0.1) is 11.7 Å². The third-order valence-corrected chi connectivity index (χ3v) is 3.57. The average Bonchev–Trinajstić information content (AvgIpc) is 2.83. The van der Waals surface area contributed by atoms with E-state index in [1.165, 1.54) is 0 Å². The Labute approximate surface area is 115 Å². The van der Waals surface area contributed by atoms with Crippen LogP contribution in [0.25, 0.3) is 0 Å². The molecule has 0 radical (unpaired) electrons. The first-order chi connectivity index (χ1) is 8.99. The van der Waals surface area contributed by atoms with E-state index in [-0.39, 0.29) is 11.9 Å². The molecule has 0 saturated carbocycles. The number of aromatic nitrogens is 2. The molecule has 1 fully saturated rings. The van der Waals surface area contributed by atoms with Crippen LogP contribution in [0.5, 0.6) is 0 Å². The van der Waals surface area contributed by atoms with Gasteiger partial charge in [0.2, 0.25) is 5.91 Å². The van der Waals surface area contributed by atoms with Gasteiger partial charge in [-0.3, -0.25) is 14.4 Å². The quantitative estimate of drug-likeness (QED) is 0.876. The summed E-state index contributed by atoms with van der Waals surface area (Å²) in [4.78, 5) is 14.2. The number of hydrogen-bond acceptors (Lipinski definition) is 3. The van der Waals surface area contributed by atoms with Gasteiger partial charge in [0.15, 0.2) is 0 Å². The normalized spacial score (nSPS) is 19.7. The van der Waals surface area contributed by atoms with Crippen molar-refractivity contribution >= 4 is 11.7 Å². The fraction of sp³-hybridized carbons (Fsp3) is 0.714. The Morgan fingerprint density at radius 1 is 1.53 bits per heavy atom. The maximum Gasteiger partial charge on any atom is 0.245 e. The van der Waals surface area contributed by atoms with Crippen molar-refractivity contribution in [2.24, 2.45) is 13.0 Å². The number of rotatable bonds is 5. The molecular formula is C14H24N4O. The third-order valence-electron chi connectivity index (χ3n) is 3.57. The molecule has 2 heterocycles. The van der Waals surface area contributed by atoms with Gasteiger partial charge in [-0.2, -0.15) is 5.10 Å². The number of carbonyl (C=O) groups excluding carboxylic acids is 1. The number of nitrogens with one attached hydrogen (secondary N) is 1. The maximum atomic E-state index is 12.4. The Bertz CT molecular complexity index is 452. The molecule has 106 valence electrons. The molecule has 1 atom stereocenters. The summed E-state index contributed by atoms with van der Waals surface area (Å²) in [5.74, 6) is 1.74. The maximum absolute atomic E-state index is 12.4. The van der Waals surface area contributed by atoms with E-state index in [1.807, 2.05) is 24.9 Å². The van der Waals surface area contributed by atoms with Crippen LogP contribution < -0.4 is 10.2 Å². The average molecular weight is 264 g/mol. The van der Waals surface area contributed by atoms with Gasteiger partial charge in [-0.05, 0) is 32.2 Å². The molecule has 1 aliphatic rings. The topological polar surface area (TPSA) is 50.2 Å². The molecule has 1 aliphatic heterocycles. The summed E-state index contributed by atoms with van der Waals surface area (Å²) in [5, 5.41) is 7.67. The van der Waals surface area contributed by atoms with E-state index in [0.717, 1.165) is 37.4 Å². The van der Waals surface area contributed by atoms with Crippen LogP contribution in [0.1, 0.15) is 32.4 Å². The van der Waals surface area contributed by atoms with Crippen molar-refractivity contribution in [2.45, 2.75) is 39.7 Å². The van der Waals surface area contributed by atoms with Gasteiger partial charge in [-0.15, -0.1) is 0 Å². The molecular weight excluding hydrogens is 240 g/mol. The molecule has 1 saturated heterocycles. The zero-order chi connectivity index (χ0) is 14.0. The molecule has 1 N–H and O–H groups in total. The minimum atomic E-state index is -0.0334. The first-order valence-electron chi connectivity index (χ1n) is 7.04. The van der Waals surface area contributed by atoms with Crippen molar-refractivity contribution in [3.05, 3.63) is 11.8 Å². The Morgan fingerprint density at radius 2 is 2.26 bits per heavy atom. The number of anilines is 1. The lowest BCUT2D eigenvalue weighted by Crippen LogP contribution is -2.39. The van der Waals surface area contributed by atoms with Crippen molar-refractivity contribution in [2.75, 3.05) is 18.0 Å². The predicted molar refractivity (Wildman–Crippen MR) is 76.2 cm³/mol. The van der Waals surface area contributed by atoms with Gasteiger partial charge >= 0.3 is 0 Å². The van der Waals surface area contributed by atoms with E-state index in [2.05, 4.69) is 24.3 Å². The highest BCUT2D eigenvalue weighted by Crippen LogP contribution is 2.21. The van der Waals surface area contributed by atoms with Crippen molar-refractivity contribution in [3.8, 4) is 0 Å². The summed E-state index contributed by atoms with van der Waals surface area (Å²) in [6.45, 7) is 8.03. The van der Waals surface area contributed by atoms with Gasteiger partial charge < -0.3 is 5.32 Å². The van der Waals surface area contributed by atoms with Crippen LogP contribution in [-0.2, 0) is 11.8 Å². The predicted octanol–water partition coefficient (Wildman–Crippen LogP) is 1.47. The standard InChI is InChI=1S/C14H24N4O/c1-10(2)5-7-15-12-6-8-18(14(12)19)13-9-11(3)16-17(13)4/h9-10,12,15H,5-8H2,1-4H3. The Kier molecular flexibility index (Phi) is 4.24. The van der Waals surface area contributed by atoms with E-state index in [9.17, 15) is 4.79 Å². The van der Waals surface area contributed by atoms with Crippen molar-refractivity contribution < 1.29 is 4.79 Å². The molecule has 2 rings (SSSR count). The molecule has 5 heteroatoms. The van der Waals surface area contributed by atoms with E-state index >= 15 is 0 Å². The minimum absolute atomic E-state index is 0.0334. The summed E-state index contributed by atoms with van der Waals surface area (Å²) in [5.41, 5.74) is 0.946. The van der Waals surface area contributed by atoms with Crippen LogP contribution in [0.2, 0.25) is 0 Å². The largest absolute Gasteiger partial charge is 0.306 e. The molecule has 1 aromatic rings. The first-order valence-corrected chi connectivity index (χ1v) is 7.04. The van der Waals surface area contributed by atoms with Gasteiger partial charge in [0.1, 0.15) is 5.82 Å². The van der Waals surface area contributed by atoms with Gasteiger partial charge in [0.25, 0.3) is 0 Å². The van der Waals surface area contributed by atoms with Crippen LogP contribution in [0.4, 0.5) is 5.82 Å². The molecule has 1 amide bonds. The van der Waals surface area contributed by atoms with Crippen molar-refractivity contribution in [1.29, 1.82) is 0 Å². The Hall–Kier alpha value is -1.36. The SMILES string of the molecule is Cc1cc(N2CCC(NCCC(C)C)C2=O)n(C)n1. The second-order valence-electron chi connectivity index (χ2n) is 5.74. The molecule has 0 bridgehead atoms. The number of hydrogen-bond donors (Lipinski definition) is 1. The van der Waals surface area contributed by atoms with Crippen molar-refractivity contribution in [1.82, 2.24) is 15.1 Å². The molecule has 5 nitrogen and oxygen atoms in total. The molecule has 0 aromatic carbocycles. The number of aryl methyl sites for hydroxylation is 2. The zero-order valence-corrected chi connectivity index (χ0v) is 12.3. The lowest BCUT2D eigenvalue weighted by atomic mass is 10.1. The van der Waals surface area contributed by atoms with E-state index in [1.54, 1.807) is 4.68 Å². The van der Waals surface area contributed by atoms with Crippen LogP contribution in [-0.4, -0.2) is 34.8 Å². The minimum Gasteiger partial charge on any atom is -0.306 e. The summed E-state index contributed by atoms with van der Waals surface area (Å²) < 4.78 is 1.78. The van der Waals surface area contributed by atoms with Gasteiger partial charge in [-0.25, -0.2) is 0 Å². The highest BCUT2D eigenvalue weighted by molar-refractivity contribution is 5.98.